The standard InChI is InChI=1S/C18H19N5O5S/c1-29(26,27)21-6-7-23-14-3-2-12(8-11(14)9-20-23)22-17(24)13-10-28-15-4-5-19-18(25)16(13)15/h2-3,8-10,21H,4-7H2,1H3,(H,19,25)(H,22,24). The molecule has 152 valence electrons. The van der Waals surface area contributed by atoms with Crippen LogP contribution >= 0.6 is 0 Å². The van der Waals surface area contributed by atoms with Crippen LogP contribution in [0.25, 0.3) is 10.9 Å². The van der Waals surface area contributed by atoms with E-state index < -0.39 is 15.9 Å². The second kappa shape index (κ2) is 7.33. The van der Waals surface area contributed by atoms with E-state index in [1.54, 1.807) is 29.1 Å². The van der Waals surface area contributed by atoms with Crippen LogP contribution in [0.5, 0.6) is 0 Å². The molecule has 0 spiro atoms. The van der Waals surface area contributed by atoms with Crippen LogP contribution in [0.4, 0.5) is 5.69 Å². The summed E-state index contributed by atoms with van der Waals surface area (Å²) >= 11 is 0. The zero-order valence-electron chi connectivity index (χ0n) is 15.6. The summed E-state index contributed by atoms with van der Waals surface area (Å²) in [6, 6.07) is 5.26. The van der Waals surface area contributed by atoms with Crippen molar-refractivity contribution in [1.29, 1.82) is 0 Å². The van der Waals surface area contributed by atoms with Crippen molar-refractivity contribution in [3.05, 3.63) is 47.5 Å². The van der Waals surface area contributed by atoms with Crippen molar-refractivity contribution >= 4 is 38.4 Å². The Hall–Kier alpha value is -3.18. The number of aromatic nitrogens is 2. The summed E-state index contributed by atoms with van der Waals surface area (Å²) in [6.07, 6.45) is 4.59. The van der Waals surface area contributed by atoms with Crippen molar-refractivity contribution in [1.82, 2.24) is 19.8 Å². The molecule has 29 heavy (non-hydrogen) atoms. The van der Waals surface area contributed by atoms with Gasteiger partial charge in [0.05, 0.1) is 35.6 Å². The molecule has 0 atom stereocenters. The third kappa shape index (κ3) is 4.00. The van der Waals surface area contributed by atoms with Crippen LogP contribution in [0.15, 0.2) is 35.1 Å². The molecule has 11 heteroatoms. The van der Waals surface area contributed by atoms with Gasteiger partial charge in [0, 0.05) is 30.6 Å². The lowest BCUT2D eigenvalue weighted by Crippen LogP contribution is -2.32. The minimum absolute atomic E-state index is 0.194. The maximum Gasteiger partial charge on any atom is 0.259 e. The van der Waals surface area contributed by atoms with Crippen LogP contribution in [0.2, 0.25) is 0 Å². The molecule has 0 saturated heterocycles. The highest BCUT2D eigenvalue weighted by molar-refractivity contribution is 7.88. The smallest absolute Gasteiger partial charge is 0.259 e. The number of carbonyl (C=O) groups is 2. The zero-order chi connectivity index (χ0) is 20.6. The number of anilines is 1. The summed E-state index contributed by atoms with van der Waals surface area (Å²) in [5.41, 5.74) is 1.82. The molecule has 0 aliphatic carbocycles. The van der Waals surface area contributed by atoms with Crippen LogP contribution in [0, 0.1) is 0 Å². The number of benzene rings is 1. The van der Waals surface area contributed by atoms with E-state index in [4.69, 9.17) is 4.42 Å². The Bertz CT molecular complexity index is 1210. The Morgan fingerprint density at radius 3 is 3.00 bits per heavy atom. The number of fused-ring (bicyclic) bond motifs is 2. The number of carbonyl (C=O) groups excluding carboxylic acids is 2. The minimum atomic E-state index is -3.26. The minimum Gasteiger partial charge on any atom is -0.468 e. The van der Waals surface area contributed by atoms with E-state index in [0.717, 1.165) is 17.2 Å². The molecule has 3 heterocycles. The normalized spacial score (nSPS) is 13.9. The van der Waals surface area contributed by atoms with E-state index in [-0.39, 0.29) is 23.6 Å². The Kier molecular flexibility index (Phi) is 4.84. The Morgan fingerprint density at radius 2 is 2.21 bits per heavy atom. The van der Waals surface area contributed by atoms with Crippen LogP contribution in [-0.4, -0.2) is 49.4 Å². The van der Waals surface area contributed by atoms with Crippen LogP contribution in [0.1, 0.15) is 26.5 Å². The maximum absolute atomic E-state index is 12.6. The largest absolute Gasteiger partial charge is 0.468 e. The van der Waals surface area contributed by atoms with Crippen molar-refractivity contribution in [2.75, 3.05) is 24.7 Å². The number of nitrogens with one attached hydrogen (secondary N) is 3. The fourth-order valence-corrected chi connectivity index (χ4v) is 3.72. The molecule has 10 nitrogen and oxygen atoms in total. The van der Waals surface area contributed by atoms with Crippen LogP contribution < -0.4 is 15.4 Å². The van der Waals surface area contributed by atoms with Crippen LogP contribution in [-0.2, 0) is 23.0 Å². The molecular weight excluding hydrogens is 398 g/mol. The lowest BCUT2D eigenvalue weighted by atomic mass is 10.0. The first kappa shape index (κ1) is 19.2. The first-order chi connectivity index (χ1) is 13.8. The van der Waals surface area contributed by atoms with Gasteiger partial charge in [-0.15, -0.1) is 0 Å². The Balaban J connectivity index is 1.50. The molecule has 3 N–H and O–H groups in total. The lowest BCUT2D eigenvalue weighted by Gasteiger charge is -2.12. The number of sulfonamides is 1. The Labute approximate surface area is 166 Å². The highest BCUT2D eigenvalue weighted by atomic mass is 32.2. The number of hydrogen-bond donors (Lipinski definition) is 3. The third-order valence-corrected chi connectivity index (χ3v) is 5.29. The van der Waals surface area contributed by atoms with E-state index in [1.165, 1.54) is 6.26 Å². The summed E-state index contributed by atoms with van der Waals surface area (Å²) in [6.45, 7) is 1.08. The predicted octanol–water partition coefficient (Wildman–Crippen LogP) is 0.717. The molecule has 4 rings (SSSR count). The SMILES string of the molecule is CS(=O)(=O)NCCn1ncc2cc(NC(=O)c3coc4c3C(=O)NCC4)ccc21. The first-order valence-electron chi connectivity index (χ1n) is 8.92. The zero-order valence-corrected chi connectivity index (χ0v) is 16.4. The average Bonchev–Trinajstić information content (AvgIpc) is 3.26. The molecule has 0 bridgehead atoms. The van der Waals surface area contributed by atoms with Gasteiger partial charge < -0.3 is 15.1 Å². The highest BCUT2D eigenvalue weighted by Crippen LogP contribution is 2.23. The molecule has 1 aliphatic rings. The first-order valence-corrected chi connectivity index (χ1v) is 10.8. The summed E-state index contributed by atoms with van der Waals surface area (Å²) in [4.78, 5) is 24.7. The summed E-state index contributed by atoms with van der Waals surface area (Å²) in [5.74, 6) is -0.237. The maximum atomic E-state index is 12.6. The van der Waals surface area contributed by atoms with Gasteiger partial charge in [-0.05, 0) is 18.2 Å². The van der Waals surface area contributed by atoms with E-state index in [2.05, 4.69) is 20.5 Å². The predicted molar refractivity (Wildman–Crippen MR) is 105 cm³/mol. The van der Waals surface area contributed by atoms with Crippen LogP contribution in [0.3, 0.4) is 0 Å². The molecule has 0 radical (unpaired) electrons. The number of nitrogens with zero attached hydrogens (tertiary/aromatic N) is 2. The summed E-state index contributed by atoms with van der Waals surface area (Å²) in [5, 5.41) is 10.5. The third-order valence-electron chi connectivity index (χ3n) is 4.56. The second-order valence-electron chi connectivity index (χ2n) is 6.72. The number of rotatable bonds is 6. The molecule has 1 aliphatic heterocycles. The quantitative estimate of drug-likeness (QED) is 0.541. The van der Waals surface area contributed by atoms with E-state index >= 15 is 0 Å². The van der Waals surface area contributed by atoms with Crippen molar-refractivity contribution in [2.24, 2.45) is 0 Å². The van der Waals surface area contributed by atoms with Crippen molar-refractivity contribution in [2.45, 2.75) is 13.0 Å². The number of furan rings is 1. The van der Waals surface area contributed by atoms with Crippen molar-refractivity contribution in [3.63, 3.8) is 0 Å². The van der Waals surface area contributed by atoms with E-state index in [9.17, 15) is 18.0 Å². The average molecular weight is 417 g/mol. The van der Waals surface area contributed by atoms with Crippen molar-refractivity contribution < 1.29 is 22.4 Å². The van der Waals surface area contributed by atoms with Gasteiger partial charge in [-0.3, -0.25) is 14.3 Å². The monoisotopic (exact) mass is 417 g/mol. The lowest BCUT2D eigenvalue weighted by molar-refractivity contribution is 0.0932. The topological polar surface area (TPSA) is 135 Å². The van der Waals surface area contributed by atoms with Gasteiger partial charge in [0.1, 0.15) is 12.0 Å². The molecule has 2 amide bonds. The van der Waals surface area contributed by atoms with Gasteiger partial charge in [0.25, 0.3) is 11.8 Å². The fourth-order valence-electron chi connectivity index (χ4n) is 3.25. The Morgan fingerprint density at radius 1 is 1.38 bits per heavy atom. The molecule has 0 unspecified atom stereocenters. The van der Waals surface area contributed by atoms with E-state index in [1.807, 2.05) is 0 Å². The fraction of sp³-hybridized carbons (Fsp3) is 0.278. The van der Waals surface area contributed by atoms with Gasteiger partial charge in [-0.1, -0.05) is 0 Å². The molecule has 0 saturated carbocycles. The number of amides is 2. The molecular formula is C18H19N5O5S. The van der Waals surface area contributed by atoms with Crippen molar-refractivity contribution in [3.8, 4) is 0 Å². The summed E-state index contributed by atoms with van der Waals surface area (Å²) < 4.78 is 31.8. The van der Waals surface area contributed by atoms with Gasteiger partial charge >= 0.3 is 0 Å². The summed E-state index contributed by atoms with van der Waals surface area (Å²) in [7, 11) is -3.26. The molecule has 2 aromatic heterocycles. The van der Waals surface area contributed by atoms with Gasteiger partial charge in [-0.2, -0.15) is 5.10 Å². The number of hydrogen-bond acceptors (Lipinski definition) is 6. The molecule has 3 aromatic rings. The van der Waals surface area contributed by atoms with E-state index in [0.29, 0.717) is 31.0 Å². The van der Waals surface area contributed by atoms with Gasteiger partial charge in [-0.25, -0.2) is 13.1 Å². The second-order valence-corrected chi connectivity index (χ2v) is 8.55. The van der Waals surface area contributed by atoms with Gasteiger partial charge in [0.2, 0.25) is 10.0 Å². The highest BCUT2D eigenvalue weighted by Gasteiger charge is 2.27. The molecule has 0 fully saturated rings. The molecule has 1 aromatic carbocycles. The van der Waals surface area contributed by atoms with Gasteiger partial charge in [0.15, 0.2) is 0 Å².